The molecule has 0 saturated heterocycles. The summed E-state index contributed by atoms with van der Waals surface area (Å²) in [4.78, 5) is 0. The molecule has 3 heteroatoms. The summed E-state index contributed by atoms with van der Waals surface area (Å²) >= 11 is 0. The van der Waals surface area contributed by atoms with Gasteiger partial charge in [0, 0.05) is 32.3 Å². The van der Waals surface area contributed by atoms with Crippen LogP contribution in [0.5, 0.6) is 0 Å². The quantitative estimate of drug-likeness (QED) is 0.175. The smallest absolute Gasteiger partial charge is 0.178 e. The summed E-state index contributed by atoms with van der Waals surface area (Å²) in [5, 5.41) is 13.8. The van der Waals surface area contributed by atoms with Crippen molar-refractivity contribution in [3.05, 3.63) is 158 Å². The van der Waals surface area contributed by atoms with E-state index in [0.717, 1.165) is 76.8 Å². The van der Waals surface area contributed by atoms with Crippen molar-refractivity contribution in [1.29, 1.82) is 0 Å². The molecule has 0 radical (unpaired) electrons. The molecule has 236 valence electrons. The van der Waals surface area contributed by atoms with Crippen LogP contribution in [-0.4, -0.2) is 0 Å². The van der Waals surface area contributed by atoms with Gasteiger partial charge >= 0.3 is 0 Å². The Hall–Kier alpha value is -6.84. The lowest BCUT2D eigenvalue weighted by atomic mass is 9.85. The Balaban J connectivity index is 1.10. The highest BCUT2D eigenvalue weighted by molar-refractivity contribution is 6.24. The second kappa shape index (κ2) is 9.87. The molecule has 12 aromatic rings. The van der Waals surface area contributed by atoms with Gasteiger partial charge < -0.3 is 13.3 Å². The summed E-state index contributed by atoms with van der Waals surface area (Å²) < 4.78 is 19.3. The molecule has 0 unspecified atom stereocenters. The van der Waals surface area contributed by atoms with Crippen molar-refractivity contribution in [1.82, 2.24) is 0 Å². The number of hydrogen-bond acceptors (Lipinski definition) is 3. The predicted octanol–water partition coefficient (Wildman–Crippen LogP) is 14.2. The normalized spacial score (nSPS) is 12.3. The fraction of sp³-hybridized carbons (Fsp3) is 0. The predicted molar refractivity (Wildman–Crippen MR) is 212 cm³/mol. The van der Waals surface area contributed by atoms with Gasteiger partial charge in [0.05, 0.1) is 0 Å². The summed E-state index contributed by atoms with van der Waals surface area (Å²) in [5.74, 6) is 0. The maximum absolute atomic E-state index is 6.59. The van der Waals surface area contributed by atoms with Crippen molar-refractivity contribution < 1.29 is 13.3 Å². The Morgan fingerprint density at radius 2 is 0.686 bits per heavy atom. The lowest BCUT2D eigenvalue weighted by molar-refractivity contribution is 0.633. The maximum Gasteiger partial charge on any atom is 0.178 e. The molecule has 0 atom stereocenters. The zero-order valence-corrected chi connectivity index (χ0v) is 27.2. The molecular weight excluding hydrogens is 625 g/mol. The highest BCUT2D eigenvalue weighted by atomic mass is 16.4. The van der Waals surface area contributed by atoms with E-state index in [0.29, 0.717) is 0 Å². The number of furan rings is 3. The van der Waals surface area contributed by atoms with Crippen LogP contribution < -0.4 is 0 Å². The van der Waals surface area contributed by atoms with Crippen molar-refractivity contribution >= 4 is 98.1 Å². The first-order valence-electron chi connectivity index (χ1n) is 17.3. The Kier molecular flexibility index (Phi) is 5.23. The topological polar surface area (TPSA) is 39.4 Å². The number of para-hydroxylation sites is 1. The van der Waals surface area contributed by atoms with Gasteiger partial charge in [0.1, 0.15) is 22.3 Å². The molecule has 0 saturated carbocycles. The van der Waals surface area contributed by atoms with Crippen LogP contribution in [0.4, 0.5) is 0 Å². The number of fused-ring (bicyclic) bond motifs is 13. The van der Waals surface area contributed by atoms with Crippen LogP contribution in [0.25, 0.3) is 120 Å². The van der Waals surface area contributed by atoms with Crippen LogP contribution >= 0.6 is 0 Å². The number of rotatable bonds is 2. The third-order valence-corrected chi connectivity index (χ3v) is 10.8. The zero-order valence-electron chi connectivity index (χ0n) is 27.2. The average molecular weight is 651 g/mol. The van der Waals surface area contributed by atoms with Gasteiger partial charge in [-0.15, -0.1) is 0 Å². The van der Waals surface area contributed by atoms with Crippen molar-refractivity contribution in [2.75, 3.05) is 0 Å². The van der Waals surface area contributed by atoms with E-state index in [1.54, 1.807) is 0 Å². The third kappa shape index (κ3) is 3.72. The SMILES string of the molecule is c1ccc2cc3c(cc2c1)oc1c3ccc2c3cc(-c4c5ccccc5c(-c5ccc6oc7ccccc7c6c5)c5ccccc45)ccc3oc21. The number of benzene rings is 9. The van der Waals surface area contributed by atoms with Gasteiger partial charge in [-0.05, 0) is 109 Å². The fourth-order valence-corrected chi connectivity index (χ4v) is 8.54. The molecule has 0 spiro atoms. The Morgan fingerprint density at radius 3 is 1.29 bits per heavy atom. The Bertz CT molecular complexity index is 3370. The largest absolute Gasteiger partial charge is 0.456 e. The average Bonchev–Trinajstić information content (AvgIpc) is 3.86. The molecule has 0 aliphatic heterocycles. The van der Waals surface area contributed by atoms with Crippen LogP contribution in [0.3, 0.4) is 0 Å². The highest BCUT2D eigenvalue weighted by Crippen LogP contribution is 2.46. The van der Waals surface area contributed by atoms with Gasteiger partial charge in [-0.25, -0.2) is 0 Å². The van der Waals surface area contributed by atoms with E-state index in [9.17, 15) is 0 Å². The van der Waals surface area contributed by atoms with Crippen molar-refractivity contribution in [3.8, 4) is 22.3 Å². The first kappa shape index (κ1) is 27.0. The molecule has 0 N–H and O–H groups in total. The molecule has 3 heterocycles. The molecule has 0 amide bonds. The van der Waals surface area contributed by atoms with Crippen molar-refractivity contribution in [3.63, 3.8) is 0 Å². The number of hydrogen-bond donors (Lipinski definition) is 0. The minimum atomic E-state index is 0.784. The molecule has 0 aliphatic carbocycles. The van der Waals surface area contributed by atoms with Crippen molar-refractivity contribution in [2.45, 2.75) is 0 Å². The van der Waals surface area contributed by atoms with Gasteiger partial charge in [0.25, 0.3) is 0 Å². The molecular formula is C48H26O3. The molecule has 0 fully saturated rings. The minimum Gasteiger partial charge on any atom is -0.456 e. The van der Waals surface area contributed by atoms with Crippen LogP contribution in [0.2, 0.25) is 0 Å². The molecule has 0 bridgehead atoms. The summed E-state index contributed by atoms with van der Waals surface area (Å²) in [6.07, 6.45) is 0. The van der Waals surface area contributed by atoms with E-state index in [4.69, 9.17) is 13.3 Å². The summed E-state index contributed by atoms with van der Waals surface area (Å²) in [5.41, 5.74) is 9.87. The molecule has 51 heavy (non-hydrogen) atoms. The summed E-state index contributed by atoms with van der Waals surface area (Å²) in [6.45, 7) is 0. The van der Waals surface area contributed by atoms with E-state index in [1.165, 1.54) is 43.6 Å². The minimum absolute atomic E-state index is 0.784. The zero-order chi connectivity index (χ0) is 33.2. The van der Waals surface area contributed by atoms with Crippen molar-refractivity contribution in [2.24, 2.45) is 0 Å². The second-order valence-electron chi connectivity index (χ2n) is 13.6. The van der Waals surface area contributed by atoms with Gasteiger partial charge in [-0.2, -0.15) is 0 Å². The van der Waals surface area contributed by atoms with E-state index >= 15 is 0 Å². The lowest BCUT2D eigenvalue weighted by Crippen LogP contribution is -1.90. The van der Waals surface area contributed by atoms with Crippen LogP contribution in [0.15, 0.2) is 171 Å². The van der Waals surface area contributed by atoms with Crippen LogP contribution in [0, 0.1) is 0 Å². The van der Waals surface area contributed by atoms with Crippen LogP contribution in [-0.2, 0) is 0 Å². The first-order valence-corrected chi connectivity index (χ1v) is 17.3. The first-order chi connectivity index (χ1) is 25.3. The summed E-state index contributed by atoms with van der Waals surface area (Å²) in [6, 6.07) is 56.2. The van der Waals surface area contributed by atoms with Gasteiger partial charge in [-0.3, -0.25) is 0 Å². The van der Waals surface area contributed by atoms with E-state index < -0.39 is 0 Å². The molecule has 3 nitrogen and oxygen atoms in total. The highest BCUT2D eigenvalue weighted by Gasteiger charge is 2.20. The molecule has 0 aliphatic rings. The van der Waals surface area contributed by atoms with Crippen LogP contribution in [0.1, 0.15) is 0 Å². The maximum atomic E-state index is 6.59. The lowest BCUT2D eigenvalue weighted by Gasteiger charge is -2.17. The third-order valence-electron chi connectivity index (χ3n) is 10.8. The van der Waals surface area contributed by atoms with E-state index in [2.05, 4.69) is 146 Å². The van der Waals surface area contributed by atoms with Gasteiger partial charge in [0.2, 0.25) is 0 Å². The van der Waals surface area contributed by atoms with Gasteiger partial charge in [-0.1, -0.05) is 103 Å². The second-order valence-corrected chi connectivity index (χ2v) is 13.6. The monoisotopic (exact) mass is 650 g/mol. The Morgan fingerprint density at radius 1 is 0.255 bits per heavy atom. The Labute approximate surface area is 290 Å². The fourth-order valence-electron chi connectivity index (χ4n) is 8.54. The molecule has 9 aromatic carbocycles. The van der Waals surface area contributed by atoms with E-state index in [-0.39, 0.29) is 0 Å². The van der Waals surface area contributed by atoms with E-state index in [1.807, 2.05) is 12.1 Å². The molecule has 12 rings (SSSR count). The summed E-state index contributed by atoms with van der Waals surface area (Å²) in [7, 11) is 0. The molecule has 3 aromatic heterocycles. The van der Waals surface area contributed by atoms with Gasteiger partial charge in [0.15, 0.2) is 11.2 Å². The standard InChI is InChI=1S/C48H26O3/c1-2-10-28-26-44-40(23-27(28)9-1)37-20-19-36-39-25-30(18-22-43(39)50-47(36)48(37)51-44)46-34-14-5-3-12-32(34)45(33-13-4-6-15-35(33)46)29-17-21-42-38(24-29)31-11-7-8-16-41(31)49-42/h1-26H.